The summed E-state index contributed by atoms with van der Waals surface area (Å²) in [5.74, 6) is -1.21. The predicted molar refractivity (Wildman–Crippen MR) is 63.4 cm³/mol. The van der Waals surface area contributed by atoms with Crippen molar-refractivity contribution >= 4 is 40.7 Å². The lowest BCUT2D eigenvalue weighted by molar-refractivity contribution is -0.115. The summed E-state index contributed by atoms with van der Waals surface area (Å²) in [6.07, 6.45) is 1.97. The summed E-state index contributed by atoms with van der Waals surface area (Å²) >= 11 is 11.6. The number of rotatable bonds is 3. The molecule has 6 heteroatoms. The van der Waals surface area contributed by atoms with Crippen LogP contribution in [0.2, 0.25) is 10.0 Å². The minimum absolute atomic E-state index is 0.241. The molecule has 0 aliphatic rings. The van der Waals surface area contributed by atoms with Gasteiger partial charge in [0.15, 0.2) is 0 Å². The Hall–Kier alpha value is -1.52. The molecule has 0 saturated carbocycles. The van der Waals surface area contributed by atoms with Crippen molar-refractivity contribution in [3.05, 3.63) is 40.4 Å². The molecular formula is C10H8Cl2N2O2. The van der Waals surface area contributed by atoms with Gasteiger partial charge in [0.05, 0.1) is 15.7 Å². The second-order valence-electron chi connectivity index (χ2n) is 2.83. The van der Waals surface area contributed by atoms with E-state index in [0.717, 1.165) is 12.2 Å². The van der Waals surface area contributed by atoms with Crippen molar-refractivity contribution < 1.29 is 9.59 Å². The second kappa shape index (κ2) is 5.53. The molecule has 0 atom stereocenters. The predicted octanol–water partition coefficient (Wildman–Crippen LogP) is 1.97. The van der Waals surface area contributed by atoms with Crippen LogP contribution in [0.15, 0.2) is 30.4 Å². The molecule has 0 aromatic heterocycles. The first kappa shape index (κ1) is 12.5. The van der Waals surface area contributed by atoms with E-state index < -0.39 is 11.8 Å². The Labute approximate surface area is 102 Å². The van der Waals surface area contributed by atoms with Gasteiger partial charge in [-0.3, -0.25) is 9.59 Å². The summed E-state index contributed by atoms with van der Waals surface area (Å²) in [4.78, 5) is 21.7. The Morgan fingerprint density at radius 1 is 1.25 bits per heavy atom. The number of carbonyl (C=O) groups excluding carboxylic acids is 2. The van der Waals surface area contributed by atoms with Gasteiger partial charge in [0, 0.05) is 12.2 Å². The van der Waals surface area contributed by atoms with Crippen LogP contribution in [0.5, 0.6) is 0 Å². The molecule has 1 rings (SSSR count). The normalized spacial score (nSPS) is 10.4. The number of nitrogens with one attached hydrogen (secondary N) is 1. The molecule has 0 spiro atoms. The number of hydrogen-bond donors (Lipinski definition) is 2. The molecule has 0 fully saturated rings. The fourth-order valence-corrected chi connectivity index (χ4v) is 1.28. The number of primary amides is 1. The van der Waals surface area contributed by atoms with Gasteiger partial charge in [0.25, 0.3) is 0 Å². The summed E-state index contributed by atoms with van der Waals surface area (Å²) in [7, 11) is 0. The number of benzene rings is 1. The molecule has 0 saturated heterocycles. The zero-order valence-electron chi connectivity index (χ0n) is 8.04. The van der Waals surface area contributed by atoms with Crippen LogP contribution in [-0.2, 0) is 9.59 Å². The minimum Gasteiger partial charge on any atom is -0.366 e. The van der Waals surface area contributed by atoms with E-state index in [1.807, 2.05) is 0 Å². The molecule has 0 radical (unpaired) electrons. The van der Waals surface area contributed by atoms with E-state index >= 15 is 0 Å². The number of carbonyl (C=O) groups is 2. The molecule has 2 amide bonds. The molecule has 0 aliphatic carbocycles. The van der Waals surface area contributed by atoms with E-state index in [4.69, 9.17) is 28.9 Å². The topological polar surface area (TPSA) is 72.2 Å². The maximum atomic E-state index is 11.3. The van der Waals surface area contributed by atoms with Crippen molar-refractivity contribution in [3.63, 3.8) is 0 Å². The molecule has 0 heterocycles. The molecule has 4 nitrogen and oxygen atoms in total. The van der Waals surface area contributed by atoms with E-state index in [-0.39, 0.29) is 5.02 Å². The van der Waals surface area contributed by atoms with Gasteiger partial charge in [0.2, 0.25) is 11.8 Å². The van der Waals surface area contributed by atoms with Crippen LogP contribution in [0, 0.1) is 0 Å². The fourth-order valence-electron chi connectivity index (χ4n) is 0.933. The average Bonchev–Trinajstić information content (AvgIpc) is 2.22. The number of hydrogen-bond acceptors (Lipinski definition) is 2. The van der Waals surface area contributed by atoms with Crippen LogP contribution in [-0.4, -0.2) is 11.8 Å². The second-order valence-corrected chi connectivity index (χ2v) is 3.61. The van der Waals surface area contributed by atoms with Crippen molar-refractivity contribution in [3.8, 4) is 0 Å². The Balaban J connectivity index is 2.78. The van der Waals surface area contributed by atoms with Gasteiger partial charge in [-0.15, -0.1) is 0 Å². The molecular weight excluding hydrogens is 251 g/mol. The average molecular weight is 259 g/mol. The highest BCUT2D eigenvalue weighted by molar-refractivity contribution is 6.44. The minimum atomic E-state index is -0.702. The molecule has 3 N–H and O–H groups in total. The van der Waals surface area contributed by atoms with Crippen molar-refractivity contribution in [2.75, 3.05) is 5.32 Å². The van der Waals surface area contributed by atoms with E-state index in [0.29, 0.717) is 10.7 Å². The largest absolute Gasteiger partial charge is 0.366 e. The summed E-state index contributed by atoms with van der Waals surface area (Å²) in [6.45, 7) is 0. The molecule has 84 valence electrons. The van der Waals surface area contributed by atoms with E-state index in [2.05, 4.69) is 5.32 Å². The Kier molecular flexibility index (Phi) is 4.34. The molecule has 0 unspecified atom stereocenters. The highest BCUT2D eigenvalue weighted by Gasteiger charge is 2.05. The lowest BCUT2D eigenvalue weighted by Crippen LogP contribution is -2.11. The molecule has 1 aromatic carbocycles. The summed E-state index contributed by atoms with van der Waals surface area (Å²) < 4.78 is 0. The van der Waals surface area contributed by atoms with Crippen LogP contribution < -0.4 is 11.1 Å². The van der Waals surface area contributed by atoms with Crippen LogP contribution in [0.25, 0.3) is 0 Å². The van der Waals surface area contributed by atoms with Gasteiger partial charge < -0.3 is 11.1 Å². The summed E-state index contributed by atoms with van der Waals surface area (Å²) in [6, 6.07) is 4.82. The van der Waals surface area contributed by atoms with Crippen LogP contribution in [0.3, 0.4) is 0 Å². The van der Waals surface area contributed by atoms with Gasteiger partial charge >= 0.3 is 0 Å². The van der Waals surface area contributed by atoms with Gasteiger partial charge in [-0.05, 0) is 12.1 Å². The van der Waals surface area contributed by atoms with Crippen molar-refractivity contribution in [1.29, 1.82) is 0 Å². The highest BCUT2D eigenvalue weighted by Crippen LogP contribution is 2.29. The highest BCUT2D eigenvalue weighted by atomic mass is 35.5. The number of nitrogens with two attached hydrogens (primary N) is 1. The first-order valence-electron chi connectivity index (χ1n) is 4.23. The first-order valence-corrected chi connectivity index (χ1v) is 4.99. The van der Waals surface area contributed by atoms with Crippen LogP contribution >= 0.6 is 23.2 Å². The lowest BCUT2D eigenvalue weighted by atomic mass is 10.3. The number of halogens is 2. The number of anilines is 1. The Morgan fingerprint density at radius 2 is 1.94 bits per heavy atom. The third-order valence-corrected chi connectivity index (χ3v) is 2.43. The standard InChI is InChI=1S/C10H8Cl2N2O2/c11-6-2-1-3-7(10(6)12)14-9(16)5-4-8(13)15/h1-5H,(H2,13,15)(H,14,16)/b5-4-. The summed E-state index contributed by atoms with van der Waals surface area (Å²) in [5.41, 5.74) is 5.20. The van der Waals surface area contributed by atoms with Gasteiger partial charge in [0.1, 0.15) is 0 Å². The van der Waals surface area contributed by atoms with E-state index in [9.17, 15) is 9.59 Å². The zero-order valence-corrected chi connectivity index (χ0v) is 9.55. The third-order valence-electron chi connectivity index (χ3n) is 1.61. The quantitative estimate of drug-likeness (QED) is 0.814. The first-order chi connectivity index (χ1) is 7.50. The fraction of sp³-hybridized carbons (Fsp3) is 0. The SMILES string of the molecule is NC(=O)/C=C\C(=O)Nc1cccc(Cl)c1Cl. The smallest absolute Gasteiger partial charge is 0.248 e. The monoisotopic (exact) mass is 258 g/mol. The van der Waals surface area contributed by atoms with Gasteiger partial charge in [-0.1, -0.05) is 29.3 Å². The maximum Gasteiger partial charge on any atom is 0.248 e. The van der Waals surface area contributed by atoms with Gasteiger partial charge in [-0.25, -0.2) is 0 Å². The Bertz CT molecular complexity index is 458. The van der Waals surface area contributed by atoms with Crippen LogP contribution in [0.4, 0.5) is 5.69 Å². The zero-order chi connectivity index (χ0) is 12.1. The van der Waals surface area contributed by atoms with Crippen molar-refractivity contribution in [1.82, 2.24) is 0 Å². The maximum absolute atomic E-state index is 11.3. The van der Waals surface area contributed by atoms with E-state index in [1.165, 1.54) is 0 Å². The molecule has 0 aliphatic heterocycles. The van der Waals surface area contributed by atoms with Crippen LogP contribution in [0.1, 0.15) is 0 Å². The Morgan fingerprint density at radius 3 is 2.56 bits per heavy atom. The van der Waals surface area contributed by atoms with Crippen molar-refractivity contribution in [2.24, 2.45) is 5.73 Å². The van der Waals surface area contributed by atoms with Crippen molar-refractivity contribution in [2.45, 2.75) is 0 Å². The van der Waals surface area contributed by atoms with Gasteiger partial charge in [-0.2, -0.15) is 0 Å². The molecule has 16 heavy (non-hydrogen) atoms. The lowest BCUT2D eigenvalue weighted by Gasteiger charge is -2.05. The molecule has 0 bridgehead atoms. The van der Waals surface area contributed by atoms with E-state index in [1.54, 1.807) is 18.2 Å². The summed E-state index contributed by atoms with van der Waals surface area (Å²) in [5, 5.41) is 3.03. The molecule has 1 aromatic rings. The number of amides is 2. The third kappa shape index (κ3) is 3.56.